The molecule has 2 N–H and O–H groups in total. The van der Waals surface area contributed by atoms with Crippen LogP contribution in [0.4, 0.5) is 5.69 Å². The van der Waals surface area contributed by atoms with E-state index in [2.05, 4.69) is 10.5 Å². The van der Waals surface area contributed by atoms with E-state index in [1.807, 2.05) is 61.5 Å². The number of hydrazone groups is 1. The summed E-state index contributed by atoms with van der Waals surface area (Å²) in [5.41, 5.74) is 6.58. The van der Waals surface area contributed by atoms with Gasteiger partial charge in [0.1, 0.15) is 0 Å². The normalized spacial score (nSPS) is 11.3. The van der Waals surface area contributed by atoms with Gasteiger partial charge in [0.25, 0.3) is 0 Å². The molecule has 18 heavy (non-hydrogen) atoms. The Morgan fingerprint density at radius 1 is 1.11 bits per heavy atom. The lowest BCUT2D eigenvalue weighted by molar-refractivity contribution is 0.357. The second-order valence-corrected chi connectivity index (χ2v) is 4.06. The number of rotatable bonds is 4. The molecule has 0 unspecified atom stereocenters. The number of aryl methyl sites for hydroxylation is 1. The van der Waals surface area contributed by atoms with Crippen molar-refractivity contribution in [3.05, 3.63) is 65.7 Å². The molecule has 0 saturated carbocycles. The highest BCUT2D eigenvalue weighted by molar-refractivity contribution is 6.01. The largest absolute Gasteiger partial charge is 0.390 e. The summed E-state index contributed by atoms with van der Waals surface area (Å²) < 4.78 is 0. The van der Waals surface area contributed by atoms with Crippen LogP contribution in [0.25, 0.3) is 0 Å². The molecule has 0 heterocycles. The van der Waals surface area contributed by atoms with Gasteiger partial charge in [-0.3, -0.25) is 5.43 Å². The van der Waals surface area contributed by atoms with Crippen molar-refractivity contribution in [2.45, 2.75) is 6.92 Å². The molecule has 0 amide bonds. The van der Waals surface area contributed by atoms with Crippen molar-refractivity contribution < 1.29 is 5.11 Å². The minimum absolute atomic E-state index is 0.0944. The summed E-state index contributed by atoms with van der Waals surface area (Å²) >= 11 is 0. The maximum atomic E-state index is 9.34. The molecule has 0 atom stereocenters. The summed E-state index contributed by atoms with van der Waals surface area (Å²) in [6.45, 7) is 1.93. The Hall–Kier alpha value is -2.13. The molecule has 0 spiro atoms. The van der Waals surface area contributed by atoms with Gasteiger partial charge in [-0.2, -0.15) is 5.10 Å². The quantitative estimate of drug-likeness (QED) is 0.637. The van der Waals surface area contributed by atoms with Gasteiger partial charge in [-0.15, -0.1) is 0 Å². The smallest absolute Gasteiger partial charge is 0.0933 e. The lowest BCUT2D eigenvalue weighted by Gasteiger charge is -2.05. The standard InChI is InChI=1S/C15H16N2O/c1-12-6-5-9-14(10-12)16-17-15(11-18)13-7-3-2-4-8-13/h2-10,16,18H,11H2,1H3. The van der Waals surface area contributed by atoms with E-state index in [1.54, 1.807) is 0 Å². The summed E-state index contributed by atoms with van der Waals surface area (Å²) in [6.07, 6.45) is 0. The Morgan fingerprint density at radius 2 is 1.89 bits per heavy atom. The van der Waals surface area contributed by atoms with Crippen LogP contribution in [0.15, 0.2) is 59.7 Å². The summed E-state index contributed by atoms with van der Waals surface area (Å²) in [7, 11) is 0. The Labute approximate surface area is 107 Å². The maximum Gasteiger partial charge on any atom is 0.0933 e. The molecule has 2 aromatic rings. The second-order valence-electron chi connectivity index (χ2n) is 4.06. The van der Waals surface area contributed by atoms with E-state index < -0.39 is 0 Å². The third kappa shape index (κ3) is 3.18. The van der Waals surface area contributed by atoms with Crippen LogP contribution in [-0.2, 0) is 0 Å². The Morgan fingerprint density at radius 3 is 2.56 bits per heavy atom. The van der Waals surface area contributed by atoms with Crippen LogP contribution in [0.1, 0.15) is 11.1 Å². The van der Waals surface area contributed by atoms with Crippen molar-refractivity contribution in [3.8, 4) is 0 Å². The minimum atomic E-state index is -0.0944. The highest BCUT2D eigenvalue weighted by atomic mass is 16.3. The second kappa shape index (κ2) is 5.98. The van der Waals surface area contributed by atoms with E-state index >= 15 is 0 Å². The highest BCUT2D eigenvalue weighted by Gasteiger charge is 2.00. The van der Waals surface area contributed by atoms with E-state index in [0.717, 1.165) is 11.3 Å². The molecule has 0 aromatic heterocycles. The summed E-state index contributed by atoms with van der Waals surface area (Å²) in [6, 6.07) is 17.6. The van der Waals surface area contributed by atoms with Crippen LogP contribution in [0.2, 0.25) is 0 Å². The molecule has 0 fully saturated rings. The fourth-order valence-corrected chi connectivity index (χ4v) is 1.67. The molecule has 92 valence electrons. The van der Waals surface area contributed by atoms with Gasteiger partial charge in [-0.1, -0.05) is 42.5 Å². The van der Waals surface area contributed by atoms with Crippen LogP contribution in [0.5, 0.6) is 0 Å². The van der Waals surface area contributed by atoms with Gasteiger partial charge >= 0.3 is 0 Å². The SMILES string of the molecule is Cc1cccc(NN=C(CO)c2ccccc2)c1. The Bertz CT molecular complexity index is 535. The Kier molecular flexibility index (Phi) is 4.10. The van der Waals surface area contributed by atoms with Crippen LogP contribution in [0.3, 0.4) is 0 Å². The van der Waals surface area contributed by atoms with Crippen molar-refractivity contribution in [2.75, 3.05) is 12.0 Å². The molecule has 0 bridgehead atoms. The Balaban J connectivity index is 2.16. The molecule has 0 aliphatic carbocycles. The van der Waals surface area contributed by atoms with Gasteiger partial charge < -0.3 is 5.11 Å². The van der Waals surface area contributed by atoms with Crippen molar-refractivity contribution >= 4 is 11.4 Å². The van der Waals surface area contributed by atoms with E-state index in [9.17, 15) is 5.11 Å². The van der Waals surface area contributed by atoms with Gasteiger partial charge in [0.05, 0.1) is 18.0 Å². The summed E-state index contributed by atoms with van der Waals surface area (Å²) in [5, 5.41) is 13.6. The number of benzene rings is 2. The molecule has 0 aliphatic rings. The molecule has 2 rings (SSSR count). The van der Waals surface area contributed by atoms with Crippen LogP contribution in [0, 0.1) is 6.92 Å². The number of nitrogens with one attached hydrogen (secondary N) is 1. The lowest BCUT2D eigenvalue weighted by Crippen LogP contribution is -2.09. The van der Waals surface area contributed by atoms with Crippen molar-refractivity contribution in [1.82, 2.24) is 0 Å². The average Bonchev–Trinajstić information content (AvgIpc) is 2.41. The fourth-order valence-electron chi connectivity index (χ4n) is 1.67. The topological polar surface area (TPSA) is 44.6 Å². The summed E-state index contributed by atoms with van der Waals surface area (Å²) in [5.74, 6) is 0. The highest BCUT2D eigenvalue weighted by Crippen LogP contribution is 2.10. The number of nitrogens with zero attached hydrogens (tertiary/aromatic N) is 1. The third-order valence-corrected chi connectivity index (χ3v) is 2.59. The molecule has 3 heteroatoms. The first-order valence-corrected chi connectivity index (χ1v) is 5.85. The number of hydrogen-bond donors (Lipinski definition) is 2. The predicted octanol–water partition coefficient (Wildman–Crippen LogP) is 2.80. The number of aliphatic hydroxyl groups excluding tert-OH is 1. The first kappa shape index (κ1) is 12.3. The zero-order valence-corrected chi connectivity index (χ0v) is 10.3. The van der Waals surface area contributed by atoms with Gasteiger partial charge in [-0.05, 0) is 24.6 Å². The number of aliphatic hydroxyl groups is 1. The number of hydrogen-bond acceptors (Lipinski definition) is 3. The monoisotopic (exact) mass is 240 g/mol. The molecular formula is C15H16N2O. The molecule has 2 aromatic carbocycles. The van der Waals surface area contributed by atoms with E-state index in [4.69, 9.17) is 0 Å². The summed E-state index contributed by atoms with van der Waals surface area (Å²) in [4.78, 5) is 0. The predicted molar refractivity (Wildman–Crippen MR) is 74.9 cm³/mol. The average molecular weight is 240 g/mol. The number of anilines is 1. The molecule has 3 nitrogen and oxygen atoms in total. The zero-order chi connectivity index (χ0) is 12.8. The molecule has 0 aliphatic heterocycles. The zero-order valence-electron chi connectivity index (χ0n) is 10.3. The van der Waals surface area contributed by atoms with Crippen molar-refractivity contribution in [1.29, 1.82) is 0 Å². The van der Waals surface area contributed by atoms with Gasteiger partial charge in [0, 0.05) is 5.56 Å². The molecule has 0 radical (unpaired) electrons. The third-order valence-electron chi connectivity index (χ3n) is 2.59. The van der Waals surface area contributed by atoms with Crippen LogP contribution < -0.4 is 5.43 Å². The molecule has 0 saturated heterocycles. The first-order valence-electron chi connectivity index (χ1n) is 5.85. The van der Waals surface area contributed by atoms with E-state index in [1.165, 1.54) is 5.56 Å². The fraction of sp³-hybridized carbons (Fsp3) is 0.133. The van der Waals surface area contributed by atoms with E-state index in [0.29, 0.717) is 5.71 Å². The van der Waals surface area contributed by atoms with Crippen molar-refractivity contribution in [2.24, 2.45) is 5.10 Å². The van der Waals surface area contributed by atoms with Gasteiger partial charge in [0.2, 0.25) is 0 Å². The van der Waals surface area contributed by atoms with Crippen molar-refractivity contribution in [3.63, 3.8) is 0 Å². The maximum absolute atomic E-state index is 9.34. The van der Waals surface area contributed by atoms with E-state index in [-0.39, 0.29) is 6.61 Å². The van der Waals surface area contributed by atoms with Gasteiger partial charge in [0.15, 0.2) is 0 Å². The minimum Gasteiger partial charge on any atom is -0.390 e. The lowest BCUT2D eigenvalue weighted by atomic mass is 10.1. The first-order chi connectivity index (χ1) is 8.79. The molecular weight excluding hydrogens is 224 g/mol. The van der Waals surface area contributed by atoms with Gasteiger partial charge in [-0.25, -0.2) is 0 Å². The van der Waals surface area contributed by atoms with Crippen LogP contribution in [-0.4, -0.2) is 17.4 Å². The van der Waals surface area contributed by atoms with Crippen LogP contribution >= 0.6 is 0 Å².